The number of hydrogen-bond donors (Lipinski definition) is 2. The van der Waals surface area contributed by atoms with Crippen molar-refractivity contribution in [3.63, 3.8) is 0 Å². The quantitative estimate of drug-likeness (QED) is 0.790. The lowest BCUT2D eigenvalue weighted by molar-refractivity contribution is -0.136. The molecule has 6 heteroatoms. The zero-order valence-corrected chi connectivity index (χ0v) is 10.8. The molecule has 0 radical (unpaired) electrons. The van der Waals surface area contributed by atoms with E-state index in [1.165, 1.54) is 7.05 Å². The van der Waals surface area contributed by atoms with Crippen LogP contribution in [-0.2, 0) is 26.8 Å². The van der Waals surface area contributed by atoms with Crippen molar-refractivity contribution < 1.29 is 18.9 Å². The predicted molar refractivity (Wildman–Crippen MR) is 67.7 cm³/mol. The minimum Gasteiger partial charge on any atom is -0.481 e. The Balaban J connectivity index is 2.59. The molecule has 18 heavy (non-hydrogen) atoms. The highest BCUT2D eigenvalue weighted by molar-refractivity contribution is 7.85. The summed E-state index contributed by atoms with van der Waals surface area (Å²) in [6.45, 7) is 0. The molecule has 0 aromatic heterocycles. The molecule has 98 valence electrons. The number of hydrogen-bond acceptors (Lipinski definition) is 3. The van der Waals surface area contributed by atoms with Crippen LogP contribution in [0.2, 0.25) is 0 Å². The Morgan fingerprint density at radius 2 is 1.89 bits per heavy atom. The number of amides is 1. The number of carbonyl (C=O) groups is 2. The van der Waals surface area contributed by atoms with Crippen LogP contribution in [0.5, 0.6) is 0 Å². The van der Waals surface area contributed by atoms with Gasteiger partial charge in [-0.3, -0.25) is 13.8 Å². The fraction of sp³-hybridized carbons (Fsp3) is 0.333. The minimum absolute atomic E-state index is 0.0504. The van der Waals surface area contributed by atoms with Gasteiger partial charge in [0.25, 0.3) is 0 Å². The number of carboxylic acid groups (broad SMARTS) is 1. The highest BCUT2D eigenvalue weighted by Crippen LogP contribution is 2.10. The van der Waals surface area contributed by atoms with Gasteiger partial charge >= 0.3 is 5.97 Å². The Morgan fingerprint density at radius 3 is 2.39 bits per heavy atom. The number of nitrogens with one attached hydrogen (secondary N) is 1. The molecule has 1 atom stereocenters. The van der Waals surface area contributed by atoms with E-state index in [0.29, 0.717) is 10.5 Å². The van der Waals surface area contributed by atoms with E-state index in [9.17, 15) is 13.8 Å². The van der Waals surface area contributed by atoms with E-state index in [4.69, 9.17) is 5.11 Å². The number of benzene rings is 1. The molecule has 0 bridgehead atoms. The summed E-state index contributed by atoms with van der Waals surface area (Å²) in [5, 5.41) is 11.1. The van der Waals surface area contributed by atoms with E-state index in [0.717, 1.165) is 0 Å². The van der Waals surface area contributed by atoms with Gasteiger partial charge in [0, 0.05) is 24.1 Å². The van der Waals surface area contributed by atoms with Gasteiger partial charge in [0.05, 0.1) is 17.2 Å². The second-order valence-electron chi connectivity index (χ2n) is 3.69. The van der Waals surface area contributed by atoms with Gasteiger partial charge in [-0.25, -0.2) is 0 Å². The van der Waals surface area contributed by atoms with E-state index in [2.05, 4.69) is 5.32 Å². The Morgan fingerprint density at radius 1 is 1.28 bits per heavy atom. The summed E-state index contributed by atoms with van der Waals surface area (Å²) in [5.74, 6) is -0.785. The molecule has 1 unspecified atom stereocenters. The van der Waals surface area contributed by atoms with Gasteiger partial charge in [0.2, 0.25) is 5.91 Å². The lowest BCUT2D eigenvalue weighted by atomic mass is 10.2. The summed E-state index contributed by atoms with van der Waals surface area (Å²) >= 11 is 0. The second-order valence-corrected chi connectivity index (χ2v) is 5.26. The van der Waals surface area contributed by atoms with Crippen LogP contribution in [0.15, 0.2) is 29.2 Å². The average molecular weight is 269 g/mol. The fourth-order valence-corrected chi connectivity index (χ4v) is 2.41. The molecular formula is C12H15NO4S. The predicted octanol–water partition coefficient (Wildman–Crippen LogP) is 0.557. The van der Waals surface area contributed by atoms with Crippen molar-refractivity contribution in [2.45, 2.75) is 17.7 Å². The number of carboxylic acids is 1. The van der Waals surface area contributed by atoms with Crippen molar-refractivity contribution in [1.82, 2.24) is 5.32 Å². The maximum atomic E-state index is 11.8. The van der Waals surface area contributed by atoms with E-state index >= 15 is 0 Å². The summed E-state index contributed by atoms with van der Waals surface area (Å²) < 4.78 is 11.8. The molecule has 0 aliphatic heterocycles. The molecule has 0 aliphatic carbocycles. The van der Waals surface area contributed by atoms with Crippen LogP contribution in [-0.4, -0.2) is 34.0 Å². The van der Waals surface area contributed by atoms with Crippen LogP contribution in [0.25, 0.3) is 0 Å². The molecule has 1 rings (SSSR count). The number of carbonyl (C=O) groups excluding carboxylic acids is 1. The molecule has 0 heterocycles. The highest BCUT2D eigenvalue weighted by atomic mass is 32.2. The van der Waals surface area contributed by atoms with Crippen molar-refractivity contribution in [2.75, 3.05) is 12.8 Å². The van der Waals surface area contributed by atoms with Crippen LogP contribution in [0.3, 0.4) is 0 Å². The lowest BCUT2D eigenvalue weighted by Crippen LogP contribution is -2.19. The van der Waals surface area contributed by atoms with Crippen molar-refractivity contribution in [3.8, 4) is 0 Å². The van der Waals surface area contributed by atoms with Crippen LogP contribution < -0.4 is 5.32 Å². The highest BCUT2D eigenvalue weighted by Gasteiger charge is 2.07. The van der Waals surface area contributed by atoms with Gasteiger partial charge < -0.3 is 10.4 Å². The van der Waals surface area contributed by atoms with Crippen LogP contribution in [0, 0.1) is 0 Å². The first-order valence-electron chi connectivity index (χ1n) is 5.42. The van der Waals surface area contributed by atoms with E-state index in [1.54, 1.807) is 24.3 Å². The lowest BCUT2D eigenvalue weighted by Gasteiger charge is -2.03. The van der Waals surface area contributed by atoms with Crippen LogP contribution >= 0.6 is 0 Å². The SMILES string of the molecule is CNC(=O)CCS(=O)c1ccc(CC(=O)O)cc1. The van der Waals surface area contributed by atoms with Crippen molar-refractivity contribution in [1.29, 1.82) is 0 Å². The van der Waals surface area contributed by atoms with Gasteiger partial charge in [0.1, 0.15) is 0 Å². The largest absolute Gasteiger partial charge is 0.481 e. The monoisotopic (exact) mass is 269 g/mol. The maximum Gasteiger partial charge on any atom is 0.307 e. The normalized spacial score (nSPS) is 11.8. The molecule has 2 N–H and O–H groups in total. The van der Waals surface area contributed by atoms with E-state index < -0.39 is 16.8 Å². The van der Waals surface area contributed by atoms with Crippen molar-refractivity contribution in [3.05, 3.63) is 29.8 Å². The van der Waals surface area contributed by atoms with E-state index in [1.807, 2.05) is 0 Å². The molecule has 0 aliphatic rings. The first-order chi connectivity index (χ1) is 8.52. The molecule has 1 amide bonds. The van der Waals surface area contributed by atoms with Crippen molar-refractivity contribution in [2.24, 2.45) is 0 Å². The smallest absolute Gasteiger partial charge is 0.307 e. The van der Waals surface area contributed by atoms with Crippen LogP contribution in [0.4, 0.5) is 0 Å². The fourth-order valence-electron chi connectivity index (χ4n) is 1.36. The number of aliphatic carboxylic acids is 1. The van der Waals surface area contributed by atoms with Gasteiger partial charge in [-0.1, -0.05) is 12.1 Å². The molecule has 1 aromatic carbocycles. The summed E-state index contributed by atoms with van der Waals surface area (Å²) in [6.07, 6.45) is 0.158. The third-order valence-corrected chi connectivity index (χ3v) is 3.71. The molecular weight excluding hydrogens is 254 g/mol. The molecule has 0 fully saturated rings. The zero-order valence-electron chi connectivity index (χ0n) is 10.0. The molecule has 1 aromatic rings. The first kappa shape index (κ1) is 14.4. The molecule has 0 saturated heterocycles. The topological polar surface area (TPSA) is 83.5 Å². The standard InChI is InChI=1S/C12H15NO4S/c1-13-11(14)6-7-18(17)10-4-2-9(3-5-10)8-12(15)16/h2-5H,6-8H2,1H3,(H,13,14)(H,15,16). The first-order valence-corrected chi connectivity index (χ1v) is 6.74. The molecule has 5 nitrogen and oxygen atoms in total. The van der Waals surface area contributed by atoms with Gasteiger partial charge in [-0.2, -0.15) is 0 Å². The Kier molecular flexibility index (Phi) is 5.51. The average Bonchev–Trinajstić information content (AvgIpc) is 2.35. The zero-order chi connectivity index (χ0) is 13.5. The maximum absolute atomic E-state index is 11.8. The summed E-state index contributed by atoms with van der Waals surface area (Å²) in [4.78, 5) is 22.1. The molecule has 0 saturated carbocycles. The summed E-state index contributed by atoms with van der Waals surface area (Å²) in [5.41, 5.74) is 0.662. The summed E-state index contributed by atoms with van der Waals surface area (Å²) in [7, 11) is 0.299. The van der Waals surface area contributed by atoms with Gasteiger partial charge in [0.15, 0.2) is 0 Å². The molecule has 0 spiro atoms. The van der Waals surface area contributed by atoms with Crippen molar-refractivity contribution >= 4 is 22.7 Å². The minimum atomic E-state index is -1.23. The van der Waals surface area contributed by atoms with Gasteiger partial charge in [-0.05, 0) is 17.7 Å². The Labute approximate surface area is 108 Å². The second kappa shape index (κ2) is 6.90. The third kappa shape index (κ3) is 4.67. The number of rotatable bonds is 6. The van der Waals surface area contributed by atoms with Crippen LogP contribution in [0.1, 0.15) is 12.0 Å². The van der Waals surface area contributed by atoms with Gasteiger partial charge in [-0.15, -0.1) is 0 Å². The Bertz CT molecular complexity index is 456. The summed E-state index contributed by atoms with van der Waals surface area (Å²) in [6, 6.07) is 6.55. The van der Waals surface area contributed by atoms with E-state index in [-0.39, 0.29) is 24.5 Å². The third-order valence-electron chi connectivity index (χ3n) is 2.33. The Hall–Kier alpha value is -1.69.